The second-order valence-corrected chi connectivity index (χ2v) is 5.50. The molecule has 0 unspecified atom stereocenters. The van der Waals surface area contributed by atoms with E-state index in [1.54, 1.807) is 0 Å². The Hall–Kier alpha value is -1.34. The Labute approximate surface area is 139 Å². The maximum atomic E-state index is 11.1. The first-order chi connectivity index (χ1) is 11.3. The zero-order valence-electron chi connectivity index (χ0n) is 14.4. The summed E-state index contributed by atoms with van der Waals surface area (Å²) >= 11 is 0. The van der Waals surface area contributed by atoms with Gasteiger partial charge in [0.25, 0.3) is 0 Å². The van der Waals surface area contributed by atoms with Gasteiger partial charge in [0.1, 0.15) is 0 Å². The smallest absolute Gasteiger partial charge is 0.307 e. The third-order valence-electron chi connectivity index (χ3n) is 3.60. The largest absolute Gasteiger partial charge is 0.469 e. The Morgan fingerprint density at radius 1 is 1.30 bits per heavy atom. The first-order valence-electron chi connectivity index (χ1n) is 8.50. The molecule has 0 amide bonds. The summed E-state index contributed by atoms with van der Waals surface area (Å²) < 4.78 is 15.7. The van der Waals surface area contributed by atoms with Crippen LogP contribution < -0.4 is 10.6 Å². The summed E-state index contributed by atoms with van der Waals surface area (Å²) in [5, 5.41) is 6.26. The standard InChI is InChI=1S/C16H31N3O4/c1-3-17-16(19-9-5-15(20)21-2)18-8-4-10-23-13-14-6-11-22-12-7-14/h14H,3-13H2,1-2H3,(H2,17,18,19). The summed E-state index contributed by atoms with van der Waals surface area (Å²) in [6.07, 6.45) is 3.42. The van der Waals surface area contributed by atoms with Crippen LogP contribution >= 0.6 is 0 Å². The number of guanidine groups is 1. The van der Waals surface area contributed by atoms with Crippen molar-refractivity contribution < 1.29 is 19.0 Å². The molecule has 23 heavy (non-hydrogen) atoms. The number of nitrogens with zero attached hydrogens (tertiary/aromatic N) is 1. The number of carbonyl (C=O) groups is 1. The molecular formula is C16H31N3O4. The number of nitrogens with one attached hydrogen (secondary N) is 2. The summed E-state index contributed by atoms with van der Waals surface area (Å²) in [5.41, 5.74) is 0. The van der Waals surface area contributed by atoms with Crippen molar-refractivity contribution in [2.24, 2.45) is 10.9 Å². The van der Waals surface area contributed by atoms with Gasteiger partial charge in [0.05, 0.1) is 13.5 Å². The van der Waals surface area contributed by atoms with Crippen molar-refractivity contribution in [3.05, 3.63) is 0 Å². The van der Waals surface area contributed by atoms with Crippen LogP contribution in [0.25, 0.3) is 0 Å². The third-order valence-corrected chi connectivity index (χ3v) is 3.60. The minimum Gasteiger partial charge on any atom is -0.469 e. The lowest BCUT2D eigenvalue weighted by Gasteiger charge is -2.21. The Balaban J connectivity index is 2.09. The molecule has 0 aromatic carbocycles. The van der Waals surface area contributed by atoms with Gasteiger partial charge in [0, 0.05) is 46.1 Å². The molecule has 1 aliphatic heterocycles. The number of hydrogen-bond donors (Lipinski definition) is 2. The normalized spacial score (nSPS) is 16.2. The van der Waals surface area contributed by atoms with Crippen molar-refractivity contribution >= 4 is 11.9 Å². The van der Waals surface area contributed by atoms with E-state index in [4.69, 9.17) is 9.47 Å². The van der Waals surface area contributed by atoms with Gasteiger partial charge in [-0.25, -0.2) is 0 Å². The molecule has 0 aliphatic carbocycles. The number of rotatable bonds is 10. The van der Waals surface area contributed by atoms with Crippen LogP contribution in [-0.2, 0) is 19.0 Å². The molecule has 7 heteroatoms. The number of methoxy groups -OCH3 is 1. The fourth-order valence-electron chi connectivity index (χ4n) is 2.25. The SMILES string of the molecule is CCNC(=NCCCOCC1CCOCC1)NCCC(=O)OC. The summed E-state index contributed by atoms with van der Waals surface area (Å²) in [7, 11) is 1.39. The molecular weight excluding hydrogens is 298 g/mol. The Morgan fingerprint density at radius 3 is 2.78 bits per heavy atom. The number of aliphatic imine (C=N–C) groups is 1. The van der Waals surface area contributed by atoms with E-state index < -0.39 is 0 Å². The number of hydrogen-bond acceptors (Lipinski definition) is 5. The fraction of sp³-hybridized carbons (Fsp3) is 0.875. The average molecular weight is 329 g/mol. The quantitative estimate of drug-likeness (QED) is 0.269. The summed E-state index contributed by atoms with van der Waals surface area (Å²) in [6.45, 7) is 7.27. The van der Waals surface area contributed by atoms with E-state index in [1.165, 1.54) is 7.11 Å². The molecule has 0 aromatic rings. The molecule has 0 saturated carbocycles. The Kier molecular flexibility index (Phi) is 11.3. The van der Waals surface area contributed by atoms with Gasteiger partial charge < -0.3 is 24.8 Å². The van der Waals surface area contributed by atoms with Crippen LogP contribution in [0.1, 0.15) is 32.6 Å². The van der Waals surface area contributed by atoms with Gasteiger partial charge in [-0.3, -0.25) is 9.79 Å². The third kappa shape index (κ3) is 10.1. The van der Waals surface area contributed by atoms with Gasteiger partial charge in [-0.1, -0.05) is 0 Å². The number of ether oxygens (including phenoxy) is 3. The van der Waals surface area contributed by atoms with Crippen LogP contribution in [0.2, 0.25) is 0 Å². The van der Waals surface area contributed by atoms with Crippen LogP contribution in [-0.4, -0.2) is 65.1 Å². The van der Waals surface area contributed by atoms with Crippen LogP contribution in [0.4, 0.5) is 0 Å². The minimum absolute atomic E-state index is 0.227. The highest BCUT2D eigenvalue weighted by atomic mass is 16.5. The van der Waals surface area contributed by atoms with Crippen molar-refractivity contribution in [3.8, 4) is 0 Å². The van der Waals surface area contributed by atoms with Crippen molar-refractivity contribution in [2.75, 3.05) is 53.2 Å². The number of esters is 1. The zero-order valence-corrected chi connectivity index (χ0v) is 14.4. The van der Waals surface area contributed by atoms with Crippen LogP contribution in [0, 0.1) is 5.92 Å². The highest BCUT2D eigenvalue weighted by molar-refractivity contribution is 5.80. The lowest BCUT2D eigenvalue weighted by atomic mass is 10.0. The van der Waals surface area contributed by atoms with Gasteiger partial charge in [0.2, 0.25) is 0 Å². The monoisotopic (exact) mass is 329 g/mol. The van der Waals surface area contributed by atoms with E-state index in [0.717, 1.165) is 58.2 Å². The molecule has 0 aromatic heterocycles. The lowest BCUT2D eigenvalue weighted by molar-refractivity contribution is -0.140. The molecule has 2 N–H and O–H groups in total. The second kappa shape index (κ2) is 13.1. The zero-order chi connectivity index (χ0) is 16.8. The van der Waals surface area contributed by atoms with E-state index in [9.17, 15) is 4.79 Å². The first kappa shape index (κ1) is 19.7. The van der Waals surface area contributed by atoms with Gasteiger partial charge >= 0.3 is 5.97 Å². The molecule has 0 spiro atoms. The van der Waals surface area contributed by atoms with Crippen LogP contribution in [0.5, 0.6) is 0 Å². The molecule has 134 valence electrons. The molecule has 1 heterocycles. The maximum Gasteiger partial charge on any atom is 0.307 e. The Morgan fingerprint density at radius 2 is 2.09 bits per heavy atom. The van der Waals surface area contributed by atoms with Crippen molar-refractivity contribution in [1.29, 1.82) is 0 Å². The molecule has 7 nitrogen and oxygen atoms in total. The summed E-state index contributed by atoms with van der Waals surface area (Å²) in [6, 6.07) is 0. The number of carbonyl (C=O) groups excluding carboxylic acids is 1. The van der Waals surface area contributed by atoms with Gasteiger partial charge in [0.15, 0.2) is 5.96 Å². The molecule has 1 fully saturated rings. The van der Waals surface area contributed by atoms with E-state index in [1.807, 2.05) is 6.92 Å². The van der Waals surface area contributed by atoms with Gasteiger partial charge in [-0.05, 0) is 32.1 Å². The highest BCUT2D eigenvalue weighted by Crippen LogP contribution is 2.14. The van der Waals surface area contributed by atoms with Gasteiger partial charge in [-0.15, -0.1) is 0 Å². The lowest BCUT2D eigenvalue weighted by Crippen LogP contribution is -2.38. The molecule has 1 rings (SSSR count). The molecule has 1 saturated heterocycles. The van der Waals surface area contributed by atoms with Gasteiger partial charge in [-0.2, -0.15) is 0 Å². The average Bonchev–Trinajstić information content (AvgIpc) is 2.58. The molecule has 0 bridgehead atoms. The van der Waals surface area contributed by atoms with Crippen molar-refractivity contribution in [3.63, 3.8) is 0 Å². The van der Waals surface area contributed by atoms with E-state index >= 15 is 0 Å². The minimum atomic E-state index is -0.227. The predicted octanol–water partition coefficient (Wildman–Crippen LogP) is 0.938. The fourth-order valence-corrected chi connectivity index (χ4v) is 2.25. The van der Waals surface area contributed by atoms with Crippen LogP contribution in [0.3, 0.4) is 0 Å². The van der Waals surface area contributed by atoms with E-state index in [-0.39, 0.29) is 5.97 Å². The van der Waals surface area contributed by atoms with E-state index in [2.05, 4.69) is 20.4 Å². The molecule has 1 aliphatic rings. The highest BCUT2D eigenvalue weighted by Gasteiger charge is 2.13. The first-order valence-corrected chi connectivity index (χ1v) is 8.50. The summed E-state index contributed by atoms with van der Waals surface area (Å²) in [5.74, 6) is 1.14. The van der Waals surface area contributed by atoms with Crippen LogP contribution in [0.15, 0.2) is 4.99 Å². The topological polar surface area (TPSA) is 81.2 Å². The maximum absolute atomic E-state index is 11.1. The molecule has 0 atom stereocenters. The van der Waals surface area contributed by atoms with Crippen molar-refractivity contribution in [1.82, 2.24) is 10.6 Å². The molecule has 0 radical (unpaired) electrons. The van der Waals surface area contributed by atoms with Crippen molar-refractivity contribution in [2.45, 2.75) is 32.6 Å². The second-order valence-electron chi connectivity index (χ2n) is 5.50. The van der Waals surface area contributed by atoms with E-state index in [0.29, 0.717) is 25.4 Å². The summed E-state index contributed by atoms with van der Waals surface area (Å²) in [4.78, 5) is 15.5. The Bertz CT molecular complexity index is 344. The predicted molar refractivity (Wildman–Crippen MR) is 89.6 cm³/mol.